The summed E-state index contributed by atoms with van der Waals surface area (Å²) in [5.41, 5.74) is 1.76. The molecule has 0 amide bonds. The second-order valence-electron chi connectivity index (χ2n) is 4.82. The fourth-order valence-electron chi connectivity index (χ4n) is 2.76. The van der Waals surface area contributed by atoms with Gasteiger partial charge in [0.05, 0.1) is 6.04 Å². The lowest BCUT2D eigenvalue weighted by Gasteiger charge is -2.30. The fourth-order valence-corrected chi connectivity index (χ4v) is 3.95. The SMILES string of the molecule is O=C(O)C(c1ccccc1Cl)C1NCCc2sccc21. The van der Waals surface area contributed by atoms with E-state index in [1.165, 1.54) is 4.88 Å². The van der Waals surface area contributed by atoms with E-state index in [0.717, 1.165) is 18.5 Å². The fraction of sp³-hybridized carbons (Fsp3) is 0.267. The van der Waals surface area contributed by atoms with E-state index in [4.69, 9.17) is 11.6 Å². The maximum atomic E-state index is 11.8. The minimum absolute atomic E-state index is 0.220. The molecule has 0 saturated heterocycles. The minimum Gasteiger partial charge on any atom is -0.481 e. The van der Waals surface area contributed by atoms with Gasteiger partial charge in [-0.15, -0.1) is 11.3 Å². The molecule has 3 nitrogen and oxygen atoms in total. The summed E-state index contributed by atoms with van der Waals surface area (Å²) in [5, 5.41) is 15.5. The molecule has 1 aromatic heterocycles. The molecule has 0 radical (unpaired) electrons. The maximum Gasteiger partial charge on any atom is 0.312 e. The number of hydrogen-bond acceptors (Lipinski definition) is 3. The molecule has 2 aromatic rings. The van der Waals surface area contributed by atoms with Crippen molar-refractivity contribution < 1.29 is 9.90 Å². The van der Waals surface area contributed by atoms with Crippen molar-refractivity contribution in [1.82, 2.24) is 5.32 Å². The Bertz CT molecular complexity index is 640. The molecule has 3 rings (SSSR count). The van der Waals surface area contributed by atoms with Crippen LogP contribution in [0, 0.1) is 0 Å². The molecule has 0 aliphatic carbocycles. The van der Waals surface area contributed by atoms with Crippen molar-refractivity contribution in [2.24, 2.45) is 0 Å². The van der Waals surface area contributed by atoms with Gasteiger partial charge in [0, 0.05) is 16.4 Å². The highest BCUT2D eigenvalue weighted by atomic mass is 35.5. The number of hydrogen-bond donors (Lipinski definition) is 2. The molecule has 0 saturated carbocycles. The Labute approximate surface area is 126 Å². The maximum absolute atomic E-state index is 11.8. The van der Waals surface area contributed by atoms with E-state index in [0.29, 0.717) is 10.6 Å². The number of benzene rings is 1. The van der Waals surface area contributed by atoms with Crippen molar-refractivity contribution in [3.63, 3.8) is 0 Å². The topological polar surface area (TPSA) is 49.3 Å². The summed E-state index contributed by atoms with van der Waals surface area (Å²) in [5.74, 6) is -1.52. The minimum atomic E-state index is -0.852. The van der Waals surface area contributed by atoms with Gasteiger partial charge in [0.15, 0.2) is 0 Å². The molecule has 0 spiro atoms. The van der Waals surface area contributed by atoms with Crippen LogP contribution in [0.2, 0.25) is 5.02 Å². The standard InChI is InChI=1S/C15H14ClNO2S/c16-11-4-2-1-3-9(11)13(15(18)19)14-10-6-8-20-12(10)5-7-17-14/h1-4,6,8,13-14,17H,5,7H2,(H,18,19). The number of halogens is 1. The Balaban J connectivity index is 2.06. The summed E-state index contributed by atoms with van der Waals surface area (Å²) in [6.45, 7) is 0.798. The summed E-state index contributed by atoms with van der Waals surface area (Å²) >= 11 is 7.89. The molecule has 2 N–H and O–H groups in total. The van der Waals surface area contributed by atoms with Crippen LogP contribution in [0.3, 0.4) is 0 Å². The Morgan fingerprint density at radius 3 is 2.95 bits per heavy atom. The highest BCUT2D eigenvalue weighted by molar-refractivity contribution is 7.10. The zero-order chi connectivity index (χ0) is 14.1. The predicted molar refractivity (Wildman–Crippen MR) is 80.6 cm³/mol. The Morgan fingerprint density at radius 2 is 2.20 bits per heavy atom. The van der Waals surface area contributed by atoms with Crippen LogP contribution in [0.1, 0.15) is 28.0 Å². The first kappa shape index (κ1) is 13.6. The van der Waals surface area contributed by atoms with Crippen molar-refractivity contribution in [3.8, 4) is 0 Å². The number of nitrogens with one attached hydrogen (secondary N) is 1. The molecule has 2 unspecified atom stereocenters. The molecule has 2 heterocycles. The Hall–Kier alpha value is -1.36. The van der Waals surface area contributed by atoms with E-state index >= 15 is 0 Å². The van der Waals surface area contributed by atoms with Crippen LogP contribution in [-0.2, 0) is 11.2 Å². The van der Waals surface area contributed by atoms with E-state index in [1.54, 1.807) is 23.5 Å². The molecule has 1 aliphatic heterocycles. The van der Waals surface area contributed by atoms with Gasteiger partial charge in [-0.3, -0.25) is 4.79 Å². The Morgan fingerprint density at radius 1 is 1.40 bits per heavy atom. The van der Waals surface area contributed by atoms with Crippen molar-refractivity contribution in [3.05, 3.63) is 56.7 Å². The third-order valence-corrected chi connectivity index (χ3v) is 5.01. The van der Waals surface area contributed by atoms with Crippen molar-refractivity contribution in [2.45, 2.75) is 18.4 Å². The van der Waals surface area contributed by atoms with E-state index in [9.17, 15) is 9.90 Å². The molecule has 0 fully saturated rings. The zero-order valence-corrected chi connectivity index (χ0v) is 12.2. The average Bonchev–Trinajstić information content (AvgIpc) is 2.90. The van der Waals surface area contributed by atoms with Crippen LogP contribution in [0.25, 0.3) is 0 Å². The lowest BCUT2D eigenvalue weighted by Crippen LogP contribution is -2.36. The molecule has 5 heteroatoms. The van der Waals surface area contributed by atoms with Gasteiger partial charge in [-0.05, 0) is 35.1 Å². The molecule has 2 atom stereocenters. The second kappa shape index (κ2) is 5.56. The number of thiophene rings is 1. The highest BCUT2D eigenvalue weighted by Gasteiger charge is 2.35. The molecular formula is C15H14ClNO2S. The molecular weight excluding hydrogens is 294 g/mol. The molecule has 1 aromatic carbocycles. The van der Waals surface area contributed by atoms with Gasteiger partial charge < -0.3 is 10.4 Å². The van der Waals surface area contributed by atoms with Crippen LogP contribution < -0.4 is 5.32 Å². The first-order valence-corrected chi connectivity index (χ1v) is 7.71. The summed E-state index contributed by atoms with van der Waals surface area (Å²) < 4.78 is 0. The van der Waals surface area contributed by atoms with Gasteiger partial charge in [-0.2, -0.15) is 0 Å². The van der Waals surface area contributed by atoms with Gasteiger partial charge >= 0.3 is 5.97 Å². The summed E-state index contributed by atoms with van der Waals surface area (Å²) in [7, 11) is 0. The van der Waals surface area contributed by atoms with Crippen LogP contribution in [0.15, 0.2) is 35.7 Å². The van der Waals surface area contributed by atoms with Crippen molar-refractivity contribution in [2.75, 3.05) is 6.54 Å². The monoisotopic (exact) mass is 307 g/mol. The van der Waals surface area contributed by atoms with Gasteiger partial charge in [-0.1, -0.05) is 29.8 Å². The van der Waals surface area contributed by atoms with Crippen LogP contribution in [-0.4, -0.2) is 17.6 Å². The number of rotatable bonds is 3. The third kappa shape index (κ3) is 2.35. The molecule has 1 aliphatic rings. The van der Waals surface area contributed by atoms with E-state index in [-0.39, 0.29) is 6.04 Å². The average molecular weight is 308 g/mol. The highest BCUT2D eigenvalue weighted by Crippen LogP contribution is 2.39. The van der Waals surface area contributed by atoms with Crippen molar-refractivity contribution >= 4 is 28.9 Å². The number of carbonyl (C=O) groups is 1. The first-order chi connectivity index (χ1) is 9.68. The summed E-state index contributed by atoms with van der Waals surface area (Å²) in [4.78, 5) is 13.1. The molecule has 20 heavy (non-hydrogen) atoms. The normalized spacial score (nSPS) is 19.4. The second-order valence-corrected chi connectivity index (χ2v) is 6.23. The van der Waals surface area contributed by atoms with Crippen molar-refractivity contribution in [1.29, 1.82) is 0 Å². The lowest BCUT2D eigenvalue weighted by atomic mass is 9.85. The smallest absolute Gasteiger partial charge is 0.312 e. The number of aliphatic carboxylic acids is 1. The van der Waals surface area contributed by atoms with Gasteiger partial charge in [-0.25, -0.2) is 0 Å². The lowest BCUT2D eigenvalue weighted by molar-refractivity contribution is -0.139. The quantitative estimate of drug-likeness (QED) is 0.913. The Kier molecular flexibility index (Phi) is 3.78. The van der Waals surface area contributed by atoms with Crippen LogP contribution in [0.5, 0.6) is 0 Å². The summed E-state index contributed by atoms with van der Waals surface area (Å²) in [6.07, 6.45) is 0.957. The third-order valence-electron chi connectivity index (χ3n) is 3.67. The molecule has 0 bridgehead atoms. The predicted octanol–water partition coefficient (Wildman–Crippen LogP) is 3.46. The van der Waals surface area contributed by atoms with E-state index < -0.39 is 11.9 Å². The zero-order valence-electron chi connectivity index (χ0n) is 10.7. The van der Waals surface area contributed by atoms with Crippen LogP contribution in [0.4, 0.5) is 0 Å². The molecule has 104 valence electrons. The largest absolute Gasteiger partial charge is 0.481 e. The number of carboxylic acids is 1. The number of fused-ring (bicyclic) bond motifs is 1. The number of carboxylic acid groups (broad SMARTS) is 1. The van der Waals surface area contributed by atoms with Crippen LogP contribution >= 0.6 is 22.9 Å². The van der Waals surface area contributed by atoms with Gasteiger partial charge in [0.2, 0.25) is 0 Å². The van der Waals surface area contributed by atoms with E-state index in [2.05, 4.69) is 5.32 Å². The van der Waals surface area contributed by atoms with E-state index in [1.807, 2.05) is 23.6 Å². The van der Waals surface area contributed by atoms with Gasteiger partial charge in [0.25, 0.3) is 0 Å². The summed E-state index contributed by atoms with van der Waals surface area (Å²) in [6, 6.07) is 8.98. The van der Waals surface area contributed by atoms with Gasteiger partial charge in [0.1, 0.15) is 5.92 Å². The first-order valence-electron chi connectivity index (χ1n) is 6.45.